The van der Waals surface area contributed by atoms with E-state index in [2.05, 4.69) is 10.2 Å². The number of hydrogen-bond donors (Lipinski definition) is 2. The van der Waals surface area contributed by atoms with E-state index in [4.69, 9.17) is 9.52 Å². The van der Waals surface area contributed by atoms with Gasteiger partial charge in [-0.25, -0.2) is 4.79 Å². The molecule has 0 unspecified atom stereocenters. The minimum atomic E-state index is -0.790. The Labute approximate surface area is 136 Å². The maximum absolute atomic E-state index is 12.3. The Balaban J connectivity index is 1.89. The number of urea groups is 1. The van der Waals surface area contributed by atoms with E-state index in [1.807, 2.05) is 20.2 Å². The van der Waals surface area contributed by atoms with E-state index < -0.39 is 5.97 Å². The Morgan fingerprint density at radius 1 is 1.48 bits per heavy atom. The van der Waals surface area contributed by atoms with Crippen LogP contribution in [0.4, 0.5) is 4.79 Å². The third kappa shape index (κ3) is 4.99. The van der Waals surface area contributed by atoms with Gasteiger partial charge in [0.1, 0.15) is 5.76 Å². The van der Waals surface area contributed by atoms with Gasteiger partial charge in [-0.1, -0.05) is 0 Å². The molecule has 2 rings (SSSR count). The van der Waals surface area contributed by atoms with Crippen LogP contribution in [0.1, 0.15) is 25.0 Å². The Hall–Kier alpha value is -2.02. The fourth-order valence-electron chi connectivity index (χ4n) is 3.16. The van der Waals surface area contributed by atoms with Crippen molar-refractivity contribution in [3.63, 3.8) is 0 Å². The first-order chi connectivity index (χ1) is 11.0. The summed E-state index contributed by atoms with van der Waals surface area (Å²) in [5.74, 6) is 0.0927. The van der Waals surface area contributed by atoms with E-state index in [0.717, 1.165) is 6.42 Å². The second-order valence-electron chi connectivity index (χ2n) is 6.20. The van der Waals surface area contributed by atoms with Gasteiger partial charge in [-0.05, 0) is 45.0 Å². The number of amides is 2. The van der Waals surface area contributed by atoms with Crippen molar-refractivity contribution < 1.29 is 19.1 Å². The van der Waals surface area contributed by atoms with Gasteiger partial charge < -0.3 is 24.6 Å². The van der Waals surface area contributed by atoms with E-state index in [0.29, 0.717) is 37.9 Å². The summed E-state index contributed by atoms with van der Waals surface area (Å²) in [6, 6.07) is 3.78. The number of piperidine rings is 1. The van der Waals surface area contributed by atoms with Crippen LogP contribution in [0, 0.1) is 5.92 Å². The third-order valence-corrected chi connectivity index (χ3v) is 4.37. The molecule has 0 aromatic carbocycles. The Bertz CT molecular complexity index is 515. The van der Waals surface area contributed by atoms with Crippen LogP contribution in [-0.4, -0.2) is 60.1 Å². The number of furan rings is 1. The molecule has 1 aliphatic heterocycles. The van der Waals surface area contributed by atoms with Crippen molar-refractivity contribution in [1.82, 2.24) is 15.1 Å². The van der Waals surface area contributed by atoms with E-state index in [9.17, 15) is 9.59 Å². The summed E-state index contributed by atoms with van der Waals surface area (Å²) in [5.41, 5.74) is 0. The zero-order valence-corrected chi connectivity index (χ0v) is 13.7. The number of rotatable bonds is 6. The van der Waals surface area contributed by atoms with Crippen LogP contribution in [0.5, 0.6) is 0 Å². The van der Waals surface area contributed by atoms with E-state index in [1.165, 1.54) is 0 Å². The normalized spacial score (nSPS) is 21.4. The minimum Gasteiger partial charge on any atom is -0.481 e. The van der Waals surface area contributed by atoms with Crippen molar-refractivity contribution in [3.8, 4) is 0 Å². The average molecular weight is 323 g/mol. The fraction of sp³-hybridized carbons (Fsp3) is 0.625. The number of carbonyl (C=O) groups excluding carboxylic acids is 1. The van der Waals surface area contributed by atoms with Crippen LogP contribution < -0.4 is 5.32 Å². The molecule has 128 valence electrons. The largest absolute Gasteiger partial charge is 0.481 e. The highest BCUT2D eigenvalue weighted by atomic mass is 16.4. The van der Waals surface area contributed by atoms with E-state index in [1.54, 1.807) is 17.2 Å². The second kappa shape index (κ2) is 8.01. The smallest absolute Gasteiger partial charge is 0.317 e. The summed E-state index contributed by atoms with van der Waals surface area (Å²) in [7, 11) is 4.01. The highest BCUT2D eigenvalue weighted by Gasteiger charge is 2.32. The van der Waals surface area contributed by atoms with Gasteiger partial charge in [0, 0.05) is 25.6 Å². The van der Waals surface area contributed by atoms with Crippen LogP contribution in [0.2, 0.25) is 0 Å². The third-order valence-electron chi connectivity index (χ3n) is 4.37. The van der Waals surface area contributed by atoms with Crippen molar-refractivity contribution in [1.29, 1.82) is 0 Å². The number of likely N-dealkylation sites (tertiary alicyclic amines) is 1. The molecule has 2 heterocycles. The van der Waals surface area contributed by atoms with Crippen molar-refractivity contribution in [2.24, 2.45) is 5.92 Å². The van der Waals surface area contributed by atoms with Crippen molar-refractivity contribution in [3.05, 3.63) is 24.2 Å². The predicted octanol–water partition coefficient (Wildman–Crippen LogP) is 1.61. The van der Waals surface area contributed by atoms with Gasteiger partial charge >= 0.3 is 12.0 Å². The van der Waals surface area contributed by atoms with Crippen LogP contribution in [0.25, 0.3) is 0 Å². The molecule has 0 saturated carbocycles. The molecule has 1 saturated heterocycles. The summed E-state index contributed by atoms with van der Waals surface area (Å²) in [5, 5.41) is 11.8. The van der Waals surface area contributed by atoms with E-state index >= 15 is 0 Å². The quantitative estimate of drug-likeness (QED) is 0.830. The van der Waals surface area contributed by atoms with Crippen molar-refractivity contribution in [2.45, 2.75) is 31.8 Å². The van der Waals surface area contributed by atoms with Gasteiger partial charge in [0.25, 0.3) is 0 Å². The van der Waals surface area contributed by atoms with Crippen LogP contribution >= 0.6 is 0 Å². The Kier molecular flexibility index (Phi) is 6.04. The van der Waals surface area contributed by atoms with E-state index in [-0.39, 0.29) is 18.4 Å². The number of carbonyl (C=O) groups is 2. The monoisotopic (exact) mass is 323 g/mol. The average Bonchev–Trinajstić information content (AvgIpc) is 3.03. The molecule has 2 N–H and O–H groups in total. The van der Waals surface area contributed by atoms with Gasteiger partial charge in [0.15, 0.2) is 0 Å². The Morgan fingerprint density at radius 3 is 2.87 bits per heavy atom. The molecule has 0 radical (unpaired) electrons. The lowest BCUT2D eigenvalue weighted by atomic mass is 9.87. The number of aliphatic carboxylic acids is 1. The van der Waals surface area contributed by atoms with Gasteiger partial charge in [0.2, 0.25) is 0 Å². The van der Waals surface area contributed by atoms with Crippen LogP contribution in [-0.2, 0) is 11.3 Å². The summed E-state index contributed by atoms with van der Waals surface area (Å²) in [6.45, 7) is 1.62. The fourth-order valence-corrected chi connectivity index (χ4v) is 3.16. The lowest BCUT2D eigenvalue weighted by Gasteiger charge is -2.41. The molecule has 0 spiro atoms. The molecule has 1 fully saturated rings. The summed E-state index contributed by atoms with van der Waals surface area (Å²) in [6.07, 6.45) is 3.15. The topological polar surface area (TPSA) is 86.0 Å². The zero-order chi connectivity index (χ0) is 16.8. The zero-order valence-electron chi connectivity index (χ0n) is 13.7. The Morgan fingerprint density at radius 2 is 2.26 bits per heavy atom. The van der Waals surface area contributed by atoms with Gasteiger partial charge in [0.05, 0.1) is 12.8 Å². The maximum Gasteiger partial charge on any atom is 0.317 e. The molecule has 0 bridgehead atoms. The molecule has 1 aromatic heterocycles. The lowest BCUT2D eigenvalue weighted by molar-refractivity contribution is -0.137. The number of carboxylic acid groups (broad SMARTS) is 1. The first-order valence-corrected chi connectivity index (χ1v) is 7.90. The van der Waals surface area contributed by atoms with Crippen LogP contribution in [0.3, 0.4) is 0 Å². The molecule has 2 amide bonds. The van der Waals surface area contributed by atoms with Gasteiger partial charge in [-0.15, -0.1) is 0 Å². The molecule has 7 heteroatoms. The standard InChI is InChI=1S/C16H25N3O4/c1-18(2)14-7-8-19(11-12(14)5-6-15(20)21)16(22)17-10-13-4-3-9-23-13/h3-4,9,12,14H,5-8,10-11H2,1-2H3,(H,17,22)(H,20,21)/t12-,14+/m0/s1. The first-order valence-electron chi connectivity index (χ1n) is 7.90. The summed E-state index contributed by atoms with van der Waals surface area (Å²) >= 11 is 0. The molecular formula is C16H25N3O4. The molecule has 23 heavy (non-hydrogen) atoms. The van der Waals surface area contributed by atoms with Crippen molar-refractivity contribution >= 4 is 12.0 Å². The van der Waals surface area contributed by atoms with Crippen molar-refractivity contribution in [2.75, 3.05) is 27.2 Å². The second-order valence-corrected chi connectivity index (χ2v) is 6.20. The molecular weight excluding hydrogens is 298 g/mol. The molecule has 7 nitrogen and oxygen atoms in total. The predicted molar refractivity (Wildman–Crippen MR) is 85.0 cm³/mol. The molecule has 0 aliphatic carbocycles. The number of nitrogens with zero attached hydrogens (tertiary/aromatic N) is 2. The van der Waals surface area contributed by atoms with Crippen LogP contribution in [0.15, 0.2) is 22.8 Å². The molecule has 1 aromatic rings. The highest BCUT2D eigenvalue weighted by Crippen LogP contribution is 2.25. The summed E-state index contributed by atoms with van der Waals surface area (Å²) in [4.78, 5) is 27.1. The SMILES string of the molecule is CN(C)[C@@H]1CCN(C(=O)NCc2ccco2)C[C@@H]1CCC(=O)O. The maximum atomic E-state index is 12.3. The minimum absolute atomic E-state index is 0.126. The molecule has 1 aliphatic rings. The highest BCUT2D eigenvalue weighted by molar-refractivity contribution is 5.74. The number of hydrogen-bond acceptors (Lipinski definition) is 4. The first kappa shape index (κ1) is 17.3. The lowest BCUT2D eigenvalue weighted by Crippen LogP contribution is -2.53. The van der Waals surface area contributed by atoms with Gasteiger partial charge in [-0.3, -0.25) is 4.79 Å². The summed E-state index contributed by atoms with van der Waals surface area (Å²) < 4.78 is 5.20. The number of carboxylic acids is 1. The number of nitrogens with one attached hydrogen (secondary N) is 1. The van der Waals surface area contributed by atoms with Gasteiger partial charge in [-0.2, -0.15) is 0 Å². The molecule has 2 atom stereocenters.